The average molecular weight is 228 g/mol. The van der Waals surface area contributed by atoms with Gasteiger partial charge >= 0.3 is 11.9 Å². The first-order valence-electron chi connectivity index (χ1n) is 4.91. The lowest BCUT2D eigenvalue weighted by Crippen LogP contribution is -2.18. The van der Waals surface area contributed by atoms with E-state index in [-0.39, 0.29) is 18.8 Å². The van der Waals surface area contributed by atoms with Gasteiger partial charge in [0.2, 0.25) is 0 Å². The van der Waals surface area contributed by atoms with E-state index in [0.717, 1.165) is 0 Å². The maximum absolute atomic E-state index is 11.4. The molecule has 5 heteroatoms. The van der Waals surface area contributed by atoms with Gasteiger partial charge in [-0.3, -0.25) is 0 Å². The van der Waals surface area contributed by atoms with Crippen molar-refractivity contribution in [1.82, 2.24) is 0 Å². The highest BCUT2D eigenvalue weighted by atomic mass is 16.6. The smallest absolute Gasteiger partial charge is 0.345 e. The van der Waals surface area contributed by atoms with Gasteiger partial charge in [0, 0.05) is 0 Å². The zero-order chi connectivity index (χ0) is 12.4. The predicted molar refractivity (Wildman–Crippen MR) is 57.5 cm³/mol. The molecule has 5 nitrogen and oxygen atoms in total. The minimum absolute atomic E-state index is 0.156. The van der Waals surface area contributed by atoms with Crippen LogP contribution in [-0.4, -0.2) is 32.3 Å². The largest absolute Gasteiger partial charge is 0.504 e. The van der Waals surface area contributed by atoms with Crippen LogP contribution in [0.15, 0.2) is 24.0 Å². The summed E-state index contributed by atoms with van der Waals surface area (Å²) >= 11 is 0. The van der Waals surface area contributed by atoms with Crippen LogP contribution in [0, 0.1) is 0 Å². The predicted octanol–water partition coefficient (Wildman–Crippen LogP) is 1.20. The van der Waals surface area contributed by atoms with Crippen molar-refractivity contribution < 1.29 is 23.8 Å². The zero-order valence-corrected chi connectivity index (χ0v) is 9.69. The molecule has 16 heavy (non-hydrogen) atoms. The van der Waals surface area contributed by atoms with E-state index in [2.05, 4.69) is 4.74 Å². The standard InChI is InChI=1S/C11H16O5/c1-4-15-10(12)9(7-6-8-14-3)11(13)16-5-2/h6-8H,4-5H2,1-3H3/b8-6+. The van der Waals surface area contributed by atoms with Gasteiger partial charge in [-0.1, -0.05) is 0 Å². The third-order valence-corrected chi connectivity index (χ3v) is 1.47. The third-order valence-electron chi connectivity index (χ3n) is 1.47. The fourth-order valence-electron chi connectivity index (χ4n) is 0.851. The van der Waals surface area contributed by atoms with E-state index < -0.39 is 11.9 Å². The Morgan fingerprint density at radius 1 is 1.06 bits per heavy atom. The van der Waals surface area contributed by atoms with E-state index in [0.29, 0.717) is 0 Å². The minimum atomic E-state index is -0.707. The molecule has 90 valence electrons. The van der Waals surface area contributed by atoms with Gasteiger partial charge in [-0.25, -0.2) is 9.59 Å². The highest BCUT2D eigenvalue weighted by Gasteiger charge is 2.19. The third kappa shape index (κ3) is 5.19. The number of carbonyl (C=O) groups excluding carboxylic acids is 2. The minimum Gasteiger partial charge on any atom is -0.504 e. The molecule has 0 aliphatic rings. The SMILES string of the molecule is CCOC(=O)C(=C/C=C/OC)C(=O)OCC. The Morgan fingerprint density at radius 2 is 1.56 bits per heavy atom. The highest BCUT2D eigenvalue weighted by molar-refractivity contribution is 6.14. The van der Waals surface area contributed by atoms with E-state index in [4.69, 9.17) is 9.47 Å². The van der Waals surface area contributed by atoms with Crippen LogP contribution in [0.1, 0.15) is 13.8 Å². The number of methoxy groups -OCH3 is 1. The van der Waals surface area contributed by atoms with E-state index in [1.165, 1.54) is 25.5 Å². The molecule has 0 radical (unpaired) electrons. The first-order chi connectivity index (χ1) is 7.67. The van der Waals surface area contributed by atoms with Crippen molar-refractivity contribution in [1.29, 1.82) is 0 Å². The Hall–Kier alpha value is -1.78. The topological polar surface area (TPSA) is 61.8 Å². The van der Waals surface area contributed by atoms with Crippen molar-refractivity contribution in [3.8, 4) is 0 Å². The highest BCUT2D eigenvalue weighted by Crippen LogP contribution is 2.02. The Bertz CT molecular complexity index is 271. The summed E-state index contributed by atoms with van der Waals surface area (Å²) in [7, 11) is 1.46. The van der Waals surface area contributed by atoms with Crippen LogP contribution >= 0.6 is 0 Å². The summed E-state index contributed by atoms with van der Waals surface area (Å²) in [6, 6.07) is 0. The number of carbonyl (C=O) groups is 2. The van der Waals surface area contributed by atoms with E-state index in [1.807, 2.05) is 0 Å². The number of allylic oxidation sites excluding steroid dienone is 2. The van der Waals surface area contributed by atoms with Crippen molar-refractivity contribution >= 4 is 11.9 Å². The Labute approximate surface area is 94.7 Å². The molecular weight excluding hydrogens is 212 g/mol. The van der Waals surface area contributed by atoms with Crippen LogP contribution in [0.25, 0.3) is 0 Å². The molecule has 0 aromatic carbocycles. The number of ether oxygens (including phenoxy) is 3. The maximum Gasteiger partial charge on any atom is 0.345 e. The number of hydrogen-bond acceptors (Lipinski definition) is 5. The molecule has 0 unspecified atom stereocenters. The fourth-order valence-corrected chi connectivity index (χ4v) is 0.851. The molecule has 0 fully saturated rings. The summed E-state index contributed by atoms with van der Waals surface area (Å²) in [4.78, 5) is 22.8. The van der Waals surface area contributed by atoms with Crippen LogP contribution in [0.2, 0.25) is 0 Å². The van der Waals surface area contributed by atoms with Gasteiger partial charge < -0.3 is 14.2 Å². The Morgan fingerprint density at radius 3 is 1.94 bits per heavy atom. The molecule has 0 rings (SSSR count). The maximum atomic E-state index is 11.4. The Kier molecular flexibility index (Phi) is 7.57. The van der Waals surface area contributed by atoms with Crippen molar-refractivity contribution in [3.63, 3.8) is 0 Å². The van der Waals surface area contributed by atoms with Gasteiger partial charge in [0.05, 0.1) is 26.6 Å². The molecule has 0 N–H and O–H groups in total. The van der Waals surface area contributed by atoms with Gasteiger partial charge in [-0.15, -0.1) is 0 Å². The lowest BCUT2D eigenvalue weighted by Gasteiger charge is -2.05. The second kappa shape index (κ2) is 8.52. The Balaban J connectivity index is 4.75. The molecule has 0 aliphatic heterocycles. The van der Waals surface area contributed by atoms with Crippen LogP contribution in [-0.2, 0) is 23.8 Å². The van der Waals surface area contributed by atoms with E-state index in [1.54, 1.807) is 13.8 Å². The molecule has 0 spiro atoms. The summed E-state index contributed by atoms with van der Waals surface area (Å²) in [5.41, 5.74) is -0.156. The molecule has 0 saturated carbocycles. The number of rotatable bonds is 6. The first-order valence-corrected chi connectivity index (χ1v) is 4.91. The quantitative estimate of drug-likeness (QED) is 0.171. The zero-order valence-electron chi connectivity index (χ0n) is 9.69. The second-order valence-electron chi connectivity index (χ2n) is 2.59. The van der Waals surface area contributed by atoms with Crippen LogP contribution in [0.5, 0.6) is 0 Å². The summed E-state index contributed by atoms with van der Waals surface area (Å²) in [6.45, 7) is 3.71. The normalized spacial score (nSPS) is 9.69. The van der Waals surface area contributed by atoms with Crippen LogP contribution in [0.4, 0.5) is 0 Å². The van der Waals surface area contributed by atoms with Gasteiger partial charge in [0.15, 0.2) is 0 Å². The summed E-state index contributed by atoms with van der Waals surface area (Å²) in [5.74, 6) is -1.41. The molecule has 0 bridgehead atoms. The van der Waals surface area contributed by atoms with Gasteiger partial charge in [0.1, 0.15) is 5.57 Å². The van der Waals surface area contributed by atoms with Crippen molar-refractivity contribution in [2.75, 3.05) is 20.3 Å². The lowest BCUT2D eigenvalue weighted by molar-refractivity contribution is -0.146. The fraction of sp³-hybridized carbons (Fsp3) is 0.455. The van der Waals surface area contributed by atoms with Gasteiger partial charge in [0.25, 0.3) is 0 Å². The molecule has 0 heterocycles. The van der Waals surface area contributed by atoms with Crippen LogP contribution < -0.4 is 0 Å². The van der Waals surface area contributed by atoms with Gasteiger partial charge in [-0.05, 0) is 26.0 Å². The molecule has 0 saturated heterocycles. The summed E-state index contributed by atoms with van der Waals surface area (Å²) < 4.78 is 14.1. The monoisotopic (exact) mass is 228 g/mol. The molecule has 0 aromatic rings. The molecule has 0 amide bonds. The average Bonchev–Trinajstić information content (AvgIpc) is 2.25. The first kappa shape index (κ1) is 14.2. The molecule has 0 aliphatic carbocycles. The van der Waals surface area contributed by atoms with Crippen LogP contribution in [0.3, 0.4) is 0 Å². The van der Waals surface area contributed by atoms with Crippen molar-refractivity contribution in [2.24, 2.45) is 0 Å². The van der Waals surface area contributed by atoms with Crippen molar-refractivity contribution in [2.45, 2.75) is 13.8 Å². The molecule has 0 aromatic heterocycles. The van der Waals surface area contributed by atoms with E-state index in [9.17, 15) is 9.59 Å². The summed E-state index contributed by atoms with van der Waals surface area (Å²) in [5, 5.41) is 0. The summed E-state index contributed by atoms with van der Waals surface area (Å²) in [6.07, 6.45) is 4.04. The number of esters is 2. The number of hydrogen-bond donors (Lipinski definition) is 0. The van der Waals surface area contributed by atoms with Crippen molar-refractivity contribution in [3.05, 3.63) is 24.0 Å². The van der Waals surface area contributed by atoms with E-state index >= 15 is 0 Å². The molecule has 0 atom stereocenters. The second-order valence-corrected chi connectivity index (χ2v) is 2.59. The lowest BCUT2D eigenvalue weighted by atomic mass is 10.2. The van der Waals surface area contributed by atoms with Gasteiger partial charge in [-0.2, -0.15) is 0 Å². The molecular formula is C11H16O5.